The van der Waals surface area contributed by atoms with Gasteiger partial charge in [-0.05, 0) is 25.1 Å². The van der Waals surface area contributed by atoms with Crippen molar-refractivity contribution in [2.75, 3.05) is 32.1 Å². The van der Waals surface area contributed by atoms with Gasteiger partial charge in [-0.15, -0.1) is 0 Å². The molecular weight excluding hydrogens is 266 g/mol. The summed E-state index contributed by atoms with van der Waals surface area (Å²) in [6, 6.07) is 6.86. The first kappa shape index (κ1) is 15.7. The predicted octanol–water partition coefficient (Wildman–Crippen LogP) is 0.904. The van der Waals surface area contributed by atoms with E-state index in [1.54, 1.807) is 24.3 Å². The summed E-state index contributed by atoms with van der Waals surface area (Å²) >= 11 is 0. The number of carboxylic acid groups (broad SMARTS) is 1. The molecule has 0 bridgehead atoms. The summed E-state index contributed by atoms with van der Waals surface area (Å²) in [5.74, 6) is -0.821. The number of sulfone groups is 1. The van der Waals surface area contributed by atoms with Crippen LogP contribution in [0.3, 0.4) is 0 Å². The monoisotopic (exact) mass is 285 g/mol. The Morgan fingerprint density at radius 3 is 2.47 bits per heavy atom. The maximum atomic E-state index is 11.0. The van der Waals surface area contributed by atoms with Gasteiger partial charge in [0, 0.05) is 19.3 Å². The van der Waals surface area contributed by atoms with Crippen molar-refractivity contribution in [1.82, 2.24) is 4.90 Å². The SMILES string of the molecule is CN(CCc1ccccc1C(=O)O)CCS(C)(=O)=O. The highest BCUT2D eigenvalue weighted by molar-refractivity contribution is 7.90. The Labute approximate surface area is 113 Å². The molecule has 0 heterocycles. The molecule has 0 aliphatic rings. The maximum absolute atomic E-state index is 11.0. The Kier molecular flexibility index (Phi) is 5.50. The first-order valence-corrected chi connectivity index (χ1v) is 8.03. The summed E-state index contributed by atoms with van der Waals surface area (Å²) in [4.78, 5) is 12.9. The van der Waals surface area contributed by atoms with Crippen LogP contribution in [0.1, 0.15) is 15.9 Å². The summed E-state index contributed by atoms with van der Waals surface area (Å²) in [5.41, 5.74) is 1.07. The zero-order valence-corrected chi connectivity index (χ0v) is 12.0. The van der Waals surface area contributed by atoms with Gasteiger partial charge >= 0.3 is 5.97 Å². The molecule has 6 heteroatoms. The first-order chi connectivity index (χ1) is 8.79. The number of carbonyl (C=O) groups is 1. The second-order valence-electron chi connectivity index (χ2n) is 4.65. The number of benzene rings is 1. The minimum Gasteiger partial charge on any atom is -0.478 e. The van der Waals surface area contributed by atoms with Crippen molar-refractivity contribution < 1.29 is 18.3 Å². The number of rotatable bonds is 7. The third-order valence-electron chi connectivity index (χ3n) is 2.85. The number of likely N-dealkylation sites (N-methyl/N-ethyl adjacent to an activating group) is 1. The Balaban J connectivity index is 2.55. The molecular formula is C13H19NO4S. The fraction of sp³-hybridized carbons (Fsp3) is 0.462. The predicted molar refractivity (Wildman–Crippen MR) is 74.3 cm³/mol. The number of aromatic carboxylic acids is 1. The molecule has 0 aliphatic carbocycles. The highest BCUT2D eigenvalue weighted by atomic mass is 32.2. The van der Waals surface area contributed by atoms with Crippen LogP contribution in [0, 0.1) is 0 Å². The van der Waals surface area contributed by atoms with Gasteiger partial charge in [0.15, 0.2) is 0 Å². The van der Waals surface area contributed by atoms with Crippen LogP contribution >= 0.6 is 0 Å². The van der Waals surface area contributed by atoms with E-state index in [9.17, 15) is 13.2 Å². The minimum atomic E-state index is -2.96. The van der Waals surface area contributed by atoms with E-state index in [-0.39, 0.29) is 5.75 Å². The maximum Gasteiger partial charge on any atom is 0.335 e. The second kappa shape index (κ2) is 6.68. The molecule has 1 N–H and O–H groups in total. The molecule has 0 fully saturated rings. The zero-order valence-electron chi connectivity index (χ0n) is 11.2. The Hall–Kier alpha value is -1.40. The van der Waals surface area contributed by atoms with E-state index in [2.05, 4.69) is 0 Å². The van der Waals surface area contributed by atoms with E-state index in [0.717, 1.165) is 5.56 Å². The van der Waals surface area contributed by atoms with E-state index in [4.69, 9.17) is 5.11 Å². The summed E-state index contributed by atoms with van der Waals surface area (Å²) < 4.78 is 22.1. The van der Waals surface area contributed by atoms with Crippen molar-refractivity contribution in [1.29, 1.82) is 0 Å². The van der Waals surface area contributed by atoms with Gasteiger partial charge in [0.05, 0.1) is 11.3 Å². The fourth-order valence-electron chi connectivity index (χ4n) is 1.69. The third-order valence-corrected chi connectivity index (χ3v) is 3.78. The van der Waals surface area contributed by atoms with Crippen LogP contribution in [0.2, 0.25) is 0 Å². The Morgan fingerprint density at radius 2 is 1.89 bits per heavy atom. The van der Waals surface area contributed by atoms with Gasteiger partial charge in [0.25, 0.3) is 0 Å². The van der Waals surface area contributed by atoms with Gasteiger partial charge < -0.3 is 10.0 Å². The fourth-order valence-corrected chi connectivity index (χ4v) is 2.34. The summed E-state index contributed by atoms with van der Waals surface area (Å²) in [7, 11) is -1.13. The molecule has 5 nitrogen and oxygen atoms in total. The molecule has 1 aromatic carbocycles. The molecule has 106 valence electrons. The average Bonchev–Trinajstić information content (AvgIpc) is 2.33. The highest BCUT2D eigenvalue weighted by Gasteiger charge is 2.10. The molecule has 0 aromatic heterocycles. The molecule has 19 heavy (non-hydrogen) atoms. The van der Waals surface area contributed by atoms with Gasteiger partial charge in [-0.1, -0.05) is 18.2 Å². The van der Waals surface area contributed by atoms with Crippen LogP contribution in [-0.2, 0) is 16.3 Å². The molecule has 0 radical (unpaired) electrons. The summed E-state index contributed by atoms with van der Waals surface area (Å²) in [5, 5.41) is 9.05. The number of carboxylic acids is 1. The van der Waals surface area contributed by atoms with Crippen molar-refractivity contribution in [2.24, 2.45) is 0 Å². The molecule has 0 spiro atoms. The number of hydrogen-bond donors (Lipinski definition) is 1. The van der Waals surface area contributed by atoms with Crippen LogP contribution in [0.25, 0.3) is 0 Å². The minimum absolute atomic E-state index is 0.115. The normalized spacial score (nSPS) is 11.7. The standard InChI is InChI=1S/C13H19NO4S/c1-14(9-10-19(2,17)18)8-7-11-5-3-4-6-12(11)13(15)16/h3-6H,7-10H2,1-2H3,(H,15,16). The van der Waals surface area contributed by atoms with Crippen LogP contribution in [0.5, 0.6) is 0 Å². The Morgan fingerprint density at radius 1 is 1.26 bits per heavy atom. The molecule has 0 unspecified atom stereocenters. The average molecular weight is 285 g/mol. The zero-order chi connectivity index (χ0) is 14.5. The van der Waals surface area contributed by atoms with Gasteiger partial charge in [0.2, 0.25) is 0 Å². The van der Waals surface area contributed by atoms with Crippen LogP contribution in [-0.4, -0.2) is 56.5 Å². The summed E-state index contributed by atoms with van der Waals surface area (Å²) in [6.07, 6.45) is 1.79. The quantitative estimate of drug-likeness (QED) is 0.806. The van der Waals surface area contributed by atoms with Gasteiger partial charge in [-0.3, -0.25) is 0 Å². The van der Waals surface area contributed by atoms with Crippen LogP contribution in [0.15, 0.2) is 24.3 Å². The lowest BCUT2D eigenvalue weighted by molar-refractivity contribution is 0.0695. The lowest BCUT2D eigenvalue weighted by atomic mass is 10.0. The topological polar surface area (TPSA) is 74.7 Å². The van der Waals surface area contributed by atoms with Crippen molar-refractivity contribution >= 4 is 15.8 Å². The van der Waals surface area contributed by atoms with E-state index in [1.165, 1.54) is 6.26 Å². The van der Waals surface area contributed by atoms with Crippen molar-refractivity contribution in [3.8, 4) is 0 Å². The molecule has 1 aromatic rings. The Bertz CT molecular complexity index is 539. The second-order valence-corrected chi connectivity index (χ2v) is 6.91. The van der Waals surface area contributed by atoms with E-state index in [0.29, 0.717) is 25.1 Å². The van der Waals surface area contributed by atoms with Crippen molar-refractivity contribution in [2.45, 2.75) is 6.42 Å². The lowest BCUT2D eigenvalue weighted by Crippen LogP contribution is -2.27. The van der Waals surface area contributed by atoms with Gasteiger partial charge in [-0.2, -0.15) is 0 Å². The lowest BCUT2D eigenvalue weighted by Gasteiger charge is -2.16. The number of hydrogen-bond acceptors (Lipinski definition) is 4. The molecule has 0 atom stereocenters. The number of nitrogens with zero attached hydrogens (tertiary/aromatic N) is 1. The molecule has 0 saturated carbocycles. The van der Waals surface area contributed by atoms with Crippen molar-refractivity contribution in [3.05, 3.63) is 35.4 Å². The molecule has 0 saturated heterocycles. The van der Waals surface area contributed by atoms with Crippen LogP contribution < -0.4 is 0 Å². The van der Waals surface area contributed by atoms with E-state index in [1.807, 2.05) is 11.9 Å². The van der Waals surface area contributed by atoms with E-state index >= 15 is 0 Å². The highest BCUT2D eigenvalue weighted by Crippen LogP contribution is 2.10. The molecule has 0 amide bonds. The van der Waals surface area contributed by atoms with Crippen molar-refractivity contribution in [3.63, 3.8) is 0 Å². The molecule has 0 aliphatic heterocycles. The molecule has 1 rings (SSSR count). The van der Waals surface area contributed by atoms with Gasteiger partial charge in [0.1, 0.15) is 9.84 Å². The third kappa shape index (κ3) is 5.85. The summed E-state index contributed by atoms with van der Waals surface area (Å²) in [6.45, 7) is 1.08. The largest absolute Gasteiger partial charge is 0.478 e. The smallest absolute Gasteiger partial charge is 0.335 e. The van der Waals surface area contributed by atoms with E-state index < -0.39 is 15.8 Å². The van der Waals surface area contributed by atoms with Crippen LogP contribution in [0.4, 0.5) is 0 Å². The van der Waals surface area contributed by atoms with Gasteiger partial charge in [-0.25, -0.2) is 13.2 Å². The first-order valence-electron chi connectivity index (χ1n) is 5.97.